The largest absolute Gasteiger partial charge is 0.465 e. The molecule has 26 heavy (non-hydrogen) atoms. The number of H-pyrrole nitrogens is 1. The van der Waals surface area contributed by atoms with Crippen molar-refractivity contribution >= 4 is 34.2 Å². The molecule has 8 heteroatoms. The van der Waals surface area contributed by atoms with Crippen molar-refractivity contribution in [1.82, 2.24) is 15.1 Å². The third-order valence-corrected chi connectivity index (χ3v) is 5.66. The van der Waals surface area contributed by atoms with Crippen LogP contribution < -0.4 is 5.73 Å². The highest BCUT2D eigenvalue weighted by Crippen LogP contribution is 2.35. The van der Waals surface area contributed by atoms with Crippen LogP contribution in [0.4, 0.5) is 4.79 Å². The second-order valence-electron chi connectivity index (χ2n) is 6.48. The highest BCUT2D eigenvalue weighted by atomic mass is 32.1. The summed E-state index contributed by atoms with van der Waals surface area (Å²) in [6.07, 6.45) is 0.535. The summed E-state index contributed by atoms with van der Waals surface area (Å²) in [5.74, 6) is -0.347. The molecule has 4 rings (SSSR count). The molecule has 0 atom stereocenters. The van der Waals surface area contributed by atoms with E-state index in [2.05, 4.69) is 10.2 Å². The summed E-state index contributed by atoms with van der Waals surface area (Å²) in [5.41, 5.74) is 9.50. The van der Waals surface area contributed by atoms with Crippen LogP contribution in [0.3, 0.4) is 0 Å². The second-order valence-corrected chi connectivity index (χ2v) is 7.26. The number of carboxylic acid groups (broad SMARTS) is 1. The molecule has 1 aliphatic heterocycles. The Morgan fingerprint density at radius 3 is 2.65 bits per heavy atom. The molecule has 0 bridgehead atoms. The fourth-order valence-corrected chi connectivity index (χ4v) is 4.25. The zero-order chi connectivity index (χ0) is 18.3. The molecule has 1 aromatic carbocycles. The van der Waals surface area contributed by atoms with Crippen LogP contribution in [0.25, 0.3) is 22.0 Å². The molecule has 7 nitrogen and oxygen atoms in total. The lowest BCUT2D eigenvalue weighted by molar-refractivity contribution is 0.100. The van der Waals surface area contributed by atoms with Crippen LogP contribution in [0, 0.1) is 0 Å². The molecular weight excluding hydrogens is 352 g/mol. The van der Waals surface area contributed by atoms with E-state index in [1.165, 1.54) is 4.90 Å². The maximum Gasteiger partial charge on any atom is 0.407 e. The third kappa shape index (κ3) is 2.82. The molecule has 3 aromatic rings. The van der Waals surface area contributed by atoms with Gasteiger partial charge < -0.3 is 15.7 Å². The van der Waals surface area contributed by atoms with Crippen molar-refractivity contribution in [3.8, 4) is 11.1 Å². The van der Waals surface area contributed by atoms with E-state index in [0.29, 0.717) is 37.0 Å². The van der Waals surface area contributed by atoms with Crippen molar-refractivity contribution in [1.29, 1.82) is 0 Å². The molecule has 0 spiro atoms. The molecule has 2 aromatic heterocycles. The van der Waals surface area contributed by atoms with Gasteiger partial charge in [-0.25, -0.2) is 4.79 Å². The average Bonchev–Trinajstić information content (AvgIpc) is 3.30. The summed E-state index contributed by atoms with van der Waals surface area (Å²) in [5, 5.41) is 21.4. The van der Waals surface area contributed by atoms with Gasteiger partial charge in [0, 0.05) is 24.4 Å². The quantitative estimate of drug-likeness (QED) is 0.657. The van der Waals surface area contributed by atoms with E-state index < -0.39 is 12.0 Å². The minimum atomic E-state index is -0.883. The molecule has 1 saturated heterocycles. The number of thiophene rings is 1. The number of piperidine rings is 1. The average molecular weight is 370 g/mol. The number of hydrogen-bond acceptors (Lipinski definition) is 4. The number of aromatic nitrogens is 2. The number of amides is 2. The number of primary amides is 1. The minimum absolute atomic E-state index is 0.151. The van der Waals surface area contributed by atoms with Crippen molar-refractivity contribution in [2.75, 3.05) is 13.1 Å². The van der Waals surface area contributed by atoms with Gasteiger partial charge in [-0.1, -0.05) is 0 Å². The number of rotatable bonds is 3. The second kappa shape index (κ2) is 6.45. The molecule has 4 N–H and O–H groups in total. The van der Waals surface area contributed by atoms with Crippen molar-refractivity contribution in [2.45, 2.75) is 18.8 Å². The van der Waals surface area contributed by atoms with Crippen LogP contribution in [0.2, 0.25) is 0 Å². The third-order valence-electron chi connectivity index (χ3n) is 4.97. The number of nitrogens with zero attached hydrogens (tertiary/aromatic N) is 2. The Labute approximate surface area is 153 Å². The summed E-state index contributed by atoms with van der Waals surface area (Å²) in [6.45, 7) is 0.975. The Morgan fingerprint density at radius 2 is 2.04 bits per heavy atom. The van der Waals surface area contributed by atoms with Crippen molar-refractivity contribution in [3.05, 3.63) is 40.2 Å². The molecule has 0 radical (unpaired) electrons. The number of carbonyl (C=O) groups is 2. The molecule has 2 amide bonds. The monoisotopic (exact) mass is 370 g/mol. The molecule has 0 saturated carbocycles. The fourth-order valence-electron chi connectivity index (χ4n) is 3.59. The highest BCUT2D eigenvalue weighted by Gasteiger charge is 2.27. The number of hydrogen-bond donors (Lipinski definition) is 3. The molecule has 1 fully saturated rings. The molecule has 3 heterocycles. The zero-order valence-electron chi connectivity index (χ0n) is 13.9. The van der Waals surface area contributed by atoms with Crippen LogP contribution in [0.1, 0.15) is 34.8 Å². The topological polar surface area (TPSA) is 112 Å². The van der Waals surface area contributed by atoms with Crippen molar-refractivity contribution in [2.24, 2.45) is 5.73 Å². The minimum Gasteiger partial charge on any atom is -0.465 e. The summed E-state index contributed by atoms with van der Waals surface area (Å²) in [6, 6.07) is 5.83. The number of fused-ring (bicyclic) bond motifs is 1. The first-order valence-electron chi connectivity index (χ1n) is 8.37. The van der Waals surface area contributed by atoms with E-state index in [4.69, 9.17) is 10.8 Å². The predicted molar refractivity (Wildman–Crippen MR) is 99.5 cm³/mol. The molecule has 134 valence electrons. The number of likely N-dealkylation sites (tertiary alicyclic amines) is 1. The maximum atomic E-state index is 11.9. The van der Waals surface area contributed by atoms with Gasteiger partial charge >= 0.3 is 6.09 Å². The van der Waals surface area contributed by atoms with Crippen molar-refractivity contribution < 1.29 is 14.7 Å². The van der Waals surface area contributed by atoms with Gasteiger partial charge in [0.25, 0.3) is 5.91 Å². The van der Waals surface area contributed by atoms with E-state index in [9.17, 15) is 9.59 Å². The zero-order valence-corrected chi connectivity index (χ0v) is 14.8. The van der Waals surface area contributed by atoms with Crippen LogP contribution in [0.5, 0.6) is 0 Å². The predicted octanol–water partition coefficient (Wildman–Crippen LogP) is 3.25. The van der Waals surface area contributed by atoms with E-state index in [1.807, 2.05) is 22.9 Å². The Hall–Kier alpha value is -2.87. The highest BCUT2D eigenvalue weighted by molar-refractivity contribution is 7.08. The van der Waals surface area contributed by atoms with Crippen LogP contribution >= 0.6 is 11.3 Å². The van der Waals surface area contributed by atoms with Crippen LogP contribution in [-0.2, 0) is 0 Å². The van der Waals surface area contributed by atoms with E-state index in [-0.39, 0.29) is 5.92 Å². The normalized spacial score (nSPS) is 15.5. The lowest BCUT2D eigenvalue weighted by Gasteiger charge is -2.29. The lowest BCUT2D eigenvalue weighted by Crippen LogP contribution is -2.36. The van der Waals surface area contributed by atoms with E-state index in [1.54, 1.807) is 17.4 Å². The van der Waals surface area contributed by atoms with E-state index >= 15 is 0 Å². The fraction of sp³-hybridized carbons (Fsp3) is 0.278. The van der Waals surface area contributed by atoms with Gasteiger partial charge in [0.05, 0.1) is 16.8 Å². The van der Waals surface area contributed by atoms with Crippen LogP contribution in [0.15, 0.2) is 29.0 Å². The Balaban J connectivity index is 1.77. The maximum absolute atomic E-state index is 11.9. The molecule has 0 aliphatic carbocycles. The first-order chi connectivity index (χ1) is 12.5. The SMILES string of the molecule is NC(=O)c1cc(-c2ccsc2)cc2c(C3CCN(C(=O)O)CC3)n[nH]c12. The molecular formula is C18H18N4O3S. The number of nitrogens with two attached hydrogens (primary N) is 1. The van der Waals surface area contributed by atoms with Crippen LogP contribution in [-0.4, -0.2) is 45.3 Å². The summed E-state index contributed by atoms with van der Waals surface area (Å²) in [4.78, 5) is 24.5. The van der Waals surface area contributed by atoms with Gasteiger partial charge in [-0.05, 0) is 52.9 Å². The van der Waals surface area contributed by atoms with E-state index in [0.717, 1.165) is 22.2 Å². The summed E-state index contributed by atoms with van der Waals surface area (Å²) >= 11 is 1.59. The summed E-state index contributed by atoms with van der Waals surface area (Å²) < 4.78 is 0. The van der Waals surface area contributed by atoms with Gasteiger partial charge in [-0.3, -0.25) is 9.89 Å². The van der Waals surface area contributed by atoms with Crippen molar-refractivity contribution in [3.63, 3.8) is 0 Å². The first kappa shape index (κ1) is 16.6. The molecule has 1 aliphatic rings. The standard InChI is InChI=1S/C18H18N4O3S/c19-17(23)14-8-12(11-3-6-26-9-11)7-13-15(20-21-16(13)14)10-1-4-22(5-2-10)18(24)25/h3,6-10H,1-2,4-5H2,(H2,19,23)(H,20,21)(H,24,25). The van der Waals surface area contributed by atoms with Gasteiger partial charge in [-0.2, -0.15) is 16.4 Å². The van der Waals surface area contributed by atoms with Gasteiger partial charge in [-0.15, -0.1) is 0 Å². The first-order valence-corrected chi connectivity index (χ1v) is 9.31. The number of carbonyl (C=O) groups excluding carboxylic acids is 1. The van der Waals surface area contributed by atoms with Gasteiger partial charge in [0.2, 0.25) is 0 Å². The molecule has 0 unspecified atom stereocenters. The van der Waals surface area contributed by atoms with Gasteiger partial charge in [0.1, 0.15) is 0 Å². The van der Waals surface area contributed by atoms with Gasteiger partial charge in [0.15, 0.2) is 0 Å². The Morgan fingerprint density at radius 1 is 1.27 bits per heavy atom. The number of aromatic amines is 1. The number of benzene rings is 1. The Kier molecular flexibility index (Phi) is 4.12. The number of nitrogens with one attached hydrogen (secondary N) is 1. The smallest absolute Gasteiger partial charge is 0.407 e. The summed E-state index contributed by atoms with van der Waals surface area (Å²) in [7, 11) is 0. The Bertz CT molecular complexity index is 972. The lowest BCUT2D eigenvalue weighted by atomic mass is 9.90.